The smallest absolute Gasteiger partial charge is 0.319 e. The molecule has 2 aliphatic heterocycles. The fraction of sp³-hybridized carbons (Fsp3) is 0.619. The summed E-state index contributed by atoms with van der Waals surface area (Å²) in [7, 11) is 1.90. The first-order chi connectivity index (χ1) is 12.6. The molecule has 0 saturated carbocycles. The summed E-state index contributed by atoms with van der Waals surface area (Å²) >= 11 is 0. The number of nitrogens with zero attached hydrogens (tertiary/aromatic N) is 1. The van der Waals surface area contributed by atoms with E-state index in [9.17, 15) is 9.59 Å². The predicted molar refractivity (Wildman–Crippen MR) is 108 cm³/mol. The fourth-order valence-corrected chi connectivity index (χ4v) is 4.10. The summed E-state index contributed by atoms with van der Waals surface area (Å²) in [6, 6.07) is 6.61. The van der Waals surface area contributed by atoms with Crippen LogP contribution in [0.5, 0.6) is 0 Å². The van der Waals surface area contributed by atoms with Crippen LogP contribution in [0.1, 0.15) is 62.4 Å². The van der Waals surface area contributed by atoms with E-state index in [0.717, 1.165) is 18.4 Å². The number of carbonyl (C=O) groups excluding carboxylic acids is 2. The minimum Gasteiger partial charge on any atom is -0.339 e. The highest BCUT2D eigenvalue weighted by molar-refractivity contribution is 5.97. The van der Waals surface area contributed by atoms with Gasteiger partial charge >= 0.3 is 6.03 Å². The Labute approximate surface area is 162 Å². The maximum Gasteiger partial charge on any atom is 0.319 e. The van der Waals surface area contributed by atoms with Crippen LogP contribution in [0.25, 0.3) is 0 Å². The summed E-state index contributed by atoms with van der Waals surface area (Å²) in [4.78, 5) is 27.1. The molecule has 0 radical (unpaired) electrons. The Morgan fingerprint density at radius 3 is 2.37 bits per heavy atom. The number of amides is 3. The van der Waals surface area contributed by atoms with E-state index in [1.54, 1.807) is 6.07 Å². The molecule has 0 aromatic heterocycles. The molecule has 0 spiro atoms. The number of fused-ring (bicyclic) bond motifs is 2. The van der Waals surface area contributed by atoms with Gasteiger partial charge in [0.2, 0.25) is 0 Å². The molecule has 27 heavy (non-hydrogen) atoms. The van der Waals surface area contributed by atoms with Crippen molar-refractivity contribution in [3.63, 3.8) is 0 Å². The van der Waals surface area contributed by atoms with E-state index < -0.39 is 0 Å². The third-order valence-electron chi connectivity index (χ3n) is 5.54. The van der Waals surface area contributed by atoms with Crippen molar-refractivity contribution in [2.75, 3.05) is 12.4 Å². The molecule has 1 aromatic carbocycles. The Hall–Kier alpha value is -2.08. The number of nitrogens with one attached hydrogen (secondary N) is 3. The van der Waals surface area contributed by atoms with E-state index in [1.165, 1.54) is 12.8 Å². The van der Waals surface area contributed by atoms with Gasteiger partial charge in [-0.1, -0.05) is 6.07 Å². The van der Waals surface area contributed by atoms with Crippen LogP contribution in [0.15, 0.2) is 18.2 Å². The Morgan fingerprint density at radius 2 is 1.78 bits per heavy atom. The van der Waals surface area contributed by atoms with Crippen molar-refractivity contribution in [2.24, 2.45) is 0 Å². The second-order valence-electron chi connectivity index (χ2n) is 9.04. The molecular weight excluding hydrogens is 340 g/mol. The van der Waals surface area contributed by atoms with Gasteiger partial charge in [-0.15, -0.1) is 0 Å². The highest BCUT2D eigenvalue weighted by atomic mass is 16.2. The number of hydrogen-bond acceptors (Lipinski definition) is 3. The number of rotatable bonds is 3. The highest BCUT2D eigenvalue weighted by Crippen LogP contribution is 2.30. The molecule has 2 aliphatic rings. The number of carbonyl (C=O) groups is 2. The highest BCUT2D eigenvalue weighted by Gasteiger charge is 2.36. The quantitative estimate of drug-likeness (QED) is 0.762. The van der Waals surface area contributed by atoms with Crippen molar-refractivity contribution in [1.82, 2.24) is 15.5 Å². The van der Waals surface area contributed by atoms with Crippen LogP contribution in [0, 0.1) is 6.92 Å². The Balaban J connectivity index is 1.70. The Bertz CT molecular complexity index is 713. The van der Waals surface area contributed by atoms with Crippen molar-refractivity contribution in [2.45, 2.75) is 77.0 Å². The predicted octanol–water partition coefficient (Wildman–Crippen LogP) is 3.27. The van der Waals surface area contributed by atoms with Crippen LogP contribution in [-0.2, 0) is 0 Å². The molecule has 1 aromatic rings. The number of urea groups is 1. The molecule has 3 rings (SSSR count). The molecule has 2 bridgehead atoms. The maximum atomic E-state index is 13.0. The topological polar surface area (TPSA) is 73.5 Å². The lowest BCUT2D eigenvalue weighted by Gasteiger charge is -2.35. The summed E-state index contributed by atoms with van der Waals surface area (Å²) in [5.74, 6) is 0.0144. The zero-order valence-electron chi connectivity index (χ0n) is 17.1. The zero-order valence-corrected chi connectivity index (χ0v) is 17.1. The number of benzene rings is 1. The summed E-state index contributed by atoms with van der Waals surface area (Å²) in [6.45, 7) is 7.72. The number of piperidine rings is 1. The van der Waals surface area contributed by atoms with Gasteiger partial charge in [-0.25, -0.2) is 4.79 Å². The van der Waals surface area contributed by atoms with E-state index in [4.69, 9.17) is 0 Å². The molecule has 2 unspecified atom stereocenters. The minimum absolute atomic E-state index is 0.0144. The molecule has 0 aliphatic carbocycles. The maximum absolute atomic E-state index is 13.0. The van der Waals surface area contributed by atoms with E-state index in [1.807, 2.05) is 51.8 Å². The first-order valence-electron chi connectivity index (χ1n) is 9.85. The van der Waals surface area contributed by atoms with Gasteiger partial charge in [0.1, 0.15) is 0 Å². The Kier molecular flexibility index (Phi) is 5.47. The SMILES string of the molecule is Cc1ccc(C(=O)N(C)C2CC3CCC(C2)N3)cc1NC(=O)NC(C)(C)C. The van der Waals surface area contributed by atoms with Crippen molar-refractivity contribution < 1.29 is 9.59 Å². The van der Waals surface area contributed by atoms with Crippen molar-refractivity contribution in [3.8, 4) is 0 Å². The van der Waals surface area contributed by atoms with Crippen molar-refractivity contribution >= 4 is 17.6 Å². The van der Waals surface area contributed by atoms with Gasteiger partial charge in [0.05, 0.1) is 0 Å². The summed E-state index contributed by atoms with van der Waals surface area (Å²) in [5.41, 5.74) is 1.89. The molecule has 148 valence electrons. The lowest BCUT2D eigenvalue weighted by Crippen LogP contribution is -2.48. The number of aryl methyl sites for hydroxylation is 1. The first kappa shape index (κ1) is 19.7. The van der Waals surface area contributed by atoms with Gasteiger partial charge in [0.15, 0.2) is 0 Å². The minimum atomic E-state index is -0.319. The molecule has 3 N–H and O–H groups in total. The lowest BCUT2D eigenvalue weighted by molar-refractivity contribution is 0.0681. The molecule has 6 nitrogen and oxygen atoms in total. The lowest BCUT2D eigenvalue weighted by atomic mass is 9.97. The number of hydrogen-bond donors (Lipinski definition) is 3. The standard InChI is InChI=1S/C21H32N4O2/c1-13-6-7-14(10-18(13)23-20(27)24-21(2,3)4)19(26)25(5)17-11-15-8-9-16(12-17)22-15/h6-7,10,15-17,22H,8-9,11-12H2,1-5H3,(H2,23,24,27). The van der Waals surface area contributed by atoms with E-state index >= 15 is 0 Å². The first-order valence-corrected chi connectivity index (χ1v) is 9.85. The fourth-order valence-electron chi connectivity index (χ4n) is 4.10. The molecule has 2 heterocycles. The normalized spacial score (nSPS) is 24.4. The largest absolute Gasteiger partial charge is 0.339 e. The third-order valence-corrected chi connectivity index (χ3v) is 5.54. The van der Waals surface area contributed by atoms with E-state index in [-0.39, 0.29) is 23.5 Å². The van der Waals surface area contributed by atoms with Crippen LogP contribution in [0.4, 0.5) is 10.5 Å². The van der Waals surface area contributed by atoms with E-state index in [0.29, 0.717) is 23.3 Å². The van der Waals surface area contributed by atoms with Gasteiger partial charge in [0, 0.05) is 42.0 Å². The molecule has 2 saturated heterocycles. The molecule has 2 atom stereocenters. The average molecular weight is 373 g/mol. The molecular formula is C21H32N4O2. The van der Waals surface area contributed by atoms with Crippen LogP contribution in [0.3, 0.4) is 0 Å². The Morgan fingerprint density at radius 1 is 1.15 bits per heavy atom. The second-order valence-corrected chi connectivity index (χ2v) is 9.04. The average Bonchev–Trinajstić information content (AvgIpc) is 2.91. The zero-order chi connectivity index (χ0) is 19.8. The van der Waals surface area contributed by atoms with Crippen molar-refractivity contribution in [1.29, 1.82) is 0 Å². The third kappa shape index (κ3) is 4.80. The van der Waals surface area contributed by atoms with Crippen LogP contribution in [-0.4, -0.2) is 47.6 Å². The molecule has 3 amide bonds. The monoisotopic (exact) mass is 372 g/mol. The van der Waals surface area contributed by atoms with Gasteiger partial charge in [-0.2, -0.15) is 0 Å². The molecule has 6 heteroatoms. The summed E-state index contributed by atoms with van der Waals surface area (Å²) in [6.07, 6.45) is 4.46. The summed E-state index contributed by atoms with van der Waals surface area (Å²) in [5, 5.41) is 9.37. The van der Waals surface area contributed by atoms with Gasteiger partial charge in [-0.05, 0) is 71.1 Å². The van der Waals surface area contributed by atoms with Gasteiger partial charge in [0.25, 0.3) is 5.91 Å². The van der Waals surface area contributed by atoms with Crippen LogP contribution < -0.4 is 16.0 Å². The second kappa shape index (κ2) is 7.50. The number of anilines is 1. The summed E-state index contributed by atoms with van der Waals surface area (Å²) < 4.78 is 0. The van der Waals surface area contributed by atoms with Crippen LogP contribution >= 0.6 is 0 Å². The van der Waals surface area contributed by atoms with Gasteiger partial charge in [-0.3, -0.25) is 4.79 Å². The molecule has 2 fully saturated rings. The van der Waals surface area contributed by atoms with Crippen molar-refractivity contribution in [3.05, 3.63) is 29.3 Å². The van der Waals surface area contributed by atoms with Crippen LogP contribution in [0.2, 0.25) is 0 Å². The van der Waals surface area contributed by atoms with E-state index in [2.05, 4.69) is 16.0 Å². The van der Waals surface area contributed by atoms with Gasteiger partial charge < -0.3 is 20.9 Å².